The number of benzene rings is 1. The van der Waals surface area contributed by atoms with Crippen LogP contribution in [0, 0.1) is 5.92 Å². The van der Waals surface area contributed by atoms with Gasteiger partial charge < -0.3 is 0 Å². The van der Waals surface area contributed by atoms with Gasteiger partial charge in [0.15, 0.2) is 0 Å². The van der Waals surface area contributed by atoms with Gasteiger partial charge in [0, 0.05) is 0 Å². The second-order valence-corrected chi connectivity index (χ2v) is 6.43. The van der Waals surface area contributed by atoms with Crippen LogP contribution in [0.15, 0.2) is 29.2 Å². The first-order valence-corrected chi connectivity index (χ1v) is 7.42. The summed E-state index contributed by atoms with van der Waals surface area (Å²) in [5.41, 5.74) is 1.44. The van der Waals surface area contributed by atoms with Crippen LogP contribution < -0.4 is 0 Å². The summed E-state index contributed by atoms with van der Waals surface area (Å²) in [5.74, 6) is 0.666. The van der Waals surface area contributed by atoms with Crippen LogP contribution >= 0.6 is 0 Å². The lowest BCUT2D eigenvalue weighted by molar-refractivity contribution is 0.483. The van der Waals surface area contributed by atoms with Crippen molar-refractivity contribution in [3.8, 4) is 0 Å². The summed E-state index contributed by atoms with van der Waals surface area (Å²) in [7, 11) is -4.07. The van der Waals surface area contributed by atoms with Crippen molar-refractivity contribution in [2.45, 2.75) is 43.4 Å². The molecule has 17 heavy (non-hydrogen) atoms. The van der Waals surface area contributed by atoms with Crippen molar-refractivity contribution in [3.63, 3.8) is 0 Å². The van der Waals surface area contributed by atoms with E-state index in [1.165, 1.54) is 24.1 Å². The summed E-state index contributed by atoms with van der Waals surface area (Å²) >= 11 is 0. The second kappa shape index (κ2) is 4.10. The molecule has 0 aromatic heterocycles. The van der Waals surface area contributed by atoms with E-state index < -0.39 is 10.1 Å². The average Bonchev–Trinajstić information content (AvgIpc) is 2.90. The molecule has 0 aliphatic heterocycles. The maximum atomic E-state index is 11.0. The Hall–Kier alpha value is -0.870. The van der Waals surface area contributed by atoms with E-state index in [1.54, 1.807) is 0 Å². The lowest BCUT2D eigenvalue weighted by Gasteiger charge is -2.16. The molecule has 4 heteroatoms. The molecule has 1 N–H and O–H groups in total. The van der Waals surface area contributed by atoms with Crippen LogP contribution in [0.2, 0.25) is 0 Å². The molecular weight excluding hydrogens is 236 g/mol. The first-order valence-electron chi connectivity index (χ1n) is 5.98. The Labute approximate surface area is 103 Å². The fraction of sp³-hybridized carbons (Fsp3) is 0.538. The SMILES string of the molecule is CCCC1(c2ccc(S(=O)(=O)O)cc2)CC1C. The molecule has 0 saturated heterocycles. The van der Waals surface area contributed by atoms with Crippen LogP contribution in [0.4, 0.5) is 0 Å². The van der Waals surface area contributed by atoms with E-state index in [4.69, 9.17) is 4.55 Å². The normalized spacial score (nSPS) is 28.1. The van der Waals surface area contributed by atoms with Gasteiger partial charge in [0.2, 0.25) is 0 Å². The molecule has 0 radical (unpaired) electrons. The highest BCUT2D eigenvalue weighted by Gasteiger charge is 2.51. The van der Waals surface area contributed by atoms with Gasteiger partial charge in [-0.15, -0.1) is 0 Å². The summed E-state index contributed by atoms with van der Waals surface area (Å²) in [6, 6.07) is 6.66. The molecule has 1 saturated carbocycles. The summed E-state index contributed by atoms with van der Waals surface area (Å²) in [5, 5.41) is 0. The molecule has 1 aromatic rings. The van der Waals surface area contributed by atoms with E-state index in [0.717, 1.165) is 12.8 Å². The van der Waals surface area contributed by atoms with E-state index in [9.17, 15) is 8.42 Å². The topological polar surface area (TPSA) is 54.4 Å². The Bertz CT molecular complexity index is 504. The van der Waals surface area contributed by atoms with Gasteiger partial charge in [0.05, 0.1) is 4.90 Å². The molecule has 0 heterocycles. The third kappa shape index (κ3) is 2.24. The zero-order valence-corrected chi connectivity index (χ0v) is 11.0. The molecule has 94 valence electrons. The maximum absolute atomic E-state index is 11.0. The molecule has 1 fully saturated rings. The van der Waals surface area contributed by atoms with Gasteiger partial charge in [-0.3, -0.25) is 4.55 Å². The quantitative estimate of drug-likeness (QED) is 0.840. The number of rotatable bonds is 4. The fourth-order valence-corrected chi connectivity index (χ4v) is 3.27. The largest absolute Gasteiger partial charge is 0.294 e. The summed E-state index contributed by atoms with van der Waals surface area (Å²) in [4.78, 5) is -0.0267. The lowest BCUT2D eigenvalue weighted by atomic mass is 9.89. The highest BCUT2D eigenvalue weighted by Crippen LogP contribution is 2.57. The van der Waals surface area contributed by atoms with Crippen molar-refractivity contribution < 1.29 is 13.0 Å². The summed E-state index contributed by atoms with van der Waals surface area (Å²) in [6.45, 7) is 4.39. The minimum atomic E-state index is -4.07. The van der Waals surface area contributed by atoms with Gasteiger partial charge in [0.25, 0.3) is 10.1 Å². The van der Waals surface area contributed by atoms with Crippen molar-refractivity contribution in [1.29, 1.82) is 0 Å². The Morgan fingerprint density at radius 3 is 2.24 bits per heavy atom. The molecule has 1 aliphatic rings. The number of hydrogen-bond donors (Lipinski definition) is 1. The maximum Gasteiger partial charge on any atom is 0.294 e. The van der Waals surface area contributed by atoms with E-state index in [1.807, 2.05) is 12.1 Å². The summed E-state index contributed by atoms with van der Waals surface area (Å²) in [6.07, 6.45) is 3.44. The van der Waals surface area contributed by atoms with Crippen molar-refractivity contribution >= 4 is 10.1 Å². The van der Waals surface area contributed by atoms with Crippen LogP contribution in [-0.4, -0.2) is 13.0 Å². The van der Waals surface area contributed by atoms with Gasteiger partial charge in [0.1, 0.15) is 0 Å². The highest BCUT2D eigenvalue weighted by atomic mass is 32.2. The van der Waals surface area contributed by atoms with Gasteiger partial charge in [-0.2, -0.15) is 8.42 Å². The molecule has 2 rings (SSSR count). The molecule has 0 bridgehead atoms. The molecular formula is C13H18O3S. The Balaban J connectivity index is 2.30. The average molecular weight is 254 g/mol. The van der Waals surface area contributed by atoms with Gasteiger partial charge in [-0.1, -0.05) is 32.4 Å². The van der Waals surface area contributed by atoms with Crippen molar-refractivity contribution in [2.75, 3.05) is 0 Å². The standard InChI is InChI=1S/C13H18O3S/c1-3-8-13(9-10(13)2)11-4-6-12(7-5-11)17(14,15)16/h4-7,10H,3,8-9H2,1-2H3,(H,14,15,16). The van der Waals surface area contributed by atoms with Crippen molar-refractivity contribution in [2.24, 2.45) is 5.92 Å². The van der Waals surface area contributed by atoms with Crippen LogP contribution in [0.3, 0.4) is 0 Å². The van der Waals surface area contributed by atoms with E-state index >= 15 is 0 Å². The highest BCUT2D eigenvalue weighted by molar-refractivity contribution is 7.85. The first kappa shape index (κ1) is 12.6. The molecule has 0 spiro atoms. The zero-order chi connectivity index (χ0) is 12.7. The third-order valence-electron chi connectivity index (χ3n) is 3.88. The van der Waals surface area contributed by atoms with Crippen LogP contribution in [0.25, 0.3) is 0 Å². The molecule has 1 aromatic carbocycles. The Morgan fingerprint density at radius 2 is 1.88 bits per heavy atom. The predicted octanol–water partition coefficient (Wildman–Crippen LogP) is 3.01. The van der Waals surface area contributed by atoms with Gasteiger partial charge in [-0.25, -0.2) is 0 Å². The number of hydrogen-bond acceptors (Lipinski definition) is 2. The monoisotopic (exact) mass is 254 g/mol. The molecule has 0 amide bonds. The van der Waals surface area contributed by atoms with Crippen molar-refractivity contribution in [3.05, 3.63) is 29.8 Å². The van der Waals surface area contributed by atoms with Crippen molar-refractivity contribution in [1.82, 2.24) is 0 Å². The van der Waals surface area contributed by atoms with E-state index in [-0.39, 0.29) is 10.3 Å². The Kier molecular flexibility index (Phi) is 3.04. The Morgan fingerprint density at radius 1 is 1.35 bits per heavy atom. The smallest absolute Gasteiger partial charge is 0.282 e. The molecule has 2 atom stereocenters. The van der Waals surface area contributed by atoms with Gasteiger partial charge >= 0.3 is 0 Å². The molecule has 2 unspecified atom stereocenters. The van der Waals surface area contributed by atoms with Crippen LogP contribution in [0.1, 0.15) is 38.7 Å². The van der Waals surface area contributed by atoms with Crippen LogP contribution in [0.5, 0.6) is 0 Å². The van der Waals surface area contributed by atoms with E-state index in [2.05, 4.69) is 13.8 Å². The zero-order valence-electron chi connectivity index (χ0n) is 10.2. The molecule has 1 aliphatic carbocycles. The predicted molar refractivity (Wildman–Crippen MR) is 66.6 cm³/mol. The molecule has 3 nitrogen and oxygen atoms in total. The minimum Gasteiger partial charge on any atom is -0.282 e. The summed E-state index contributed by atoms with van der Waals surface area (Å²) < 4.78 is 30.8. The fourth-order valence-electron chi connectivity index (χ4n) is 2.79. The van der Waals surface area contributed by atoms with Gasteiger partial charge in [-0.05, 0) is 41.9 Å². The first-order chi connectivity index (χ1) is 7.90. The third-order valence-corrected chi connectivity index (χ3v) is 4.74. The second-order valence-electron chi connectivity index (χ2n) is 5.01. The lowest BCUT2D eigenvalue weighted by Crippen LogP contribution is -2.09. The van der Waals surface area contributed by atoms with Crippen LogP contribution in [-0.2, 0) is 15.5 Å². The van der Waals surface area contributed by atoms with E-state index in [0.29, 0.717) is 5.92 Å². The minimum absolute atomic E-state index is 0.0267.